The highest BCUT2D eigenvalue weighted by atomic mass is 16.5. The van der Waals surface area contributed by atoms with Gasteiger partial charge in [-0.1, -0.05) is 55.5 Å². The molecule has 0 aliphatic carbocycles. The van der Waals surface area contributed by atoms with Gasteiger partial charge < -0.3 is 19.5 Å². The molecule has 1 unspecified atom stereocenters. The first kappa shape index (κ1) is 22.3. The number of hydrogen-bond acceptors (Lipinski definition) is 5. The summed E-state index contributed by atoms with van der Waals surface area (Å²) in [6.45, 7) is 3.17. The first-order chi connectivity index (χ1) is 15.1. The molecular weight excluding hydrogens is 394 g/mol. The van der Waals surface area contributed by atoms with Gasteiger partial charge in [0, 0.05) is 13.7 Å². The fourth-order valence-electron chi connectivity index (χ4n) is 3.46. The van der Waals surface area contributed by atoms with Crippen LogP contribution >= 0.6 is 0 Å². The second kappa shape index (κ2) is 10.6. The van der Waals surface area contributed by atoms with E-state index in [1.807, 2.05) is 49.4 Å². The number of benzene rings is 2. The van der Waals surface area contributed by atoms with Crippen LogP contribution in [-0.2, 0) is 14.3 Å². The zero-order chi connectivity index (χ0) is 22.2. The number of methoxy groups -OCH3 is 1. The Morgan fingerprint density at radius 2 is 1.81 bits per heavy atom. The lowest BCUT2D eigenvalue weighted by Gasteiger charge is -2.26. The molecule has 1 atom stereocenters. The molecule has 0 fully saturated rings. The predicted molar refractivity (Wildman–Crippen MR) is 119 cm³/mol. The third kappa shape index (κ3) is 5.22. The van der Waals surface area contributed by atoms with Crippen molar-refractivity contribution in [2.45, 2.75) is 19.4 Å². The van der Waals surface area contributed by atoms with Gasteiger partial charge in [0.05, 0.1) is 24.8 Å². The Morgan fingerprint density at radius 1 is 1.10 bits per heavy atom. The highest BCUT2D eigenvalue weighted by molar-refractivity contribution is 6.14. The molecule has 0 radical (unpaired) electrons. The lowest BCUT2D eigenvalue weighted by atomic mass is 9.95. The number of rotatable bonds is 10. The Morgan fingerprint density at radius 3 is 2.45 bits per heavy atom. The van der Waals surface area contributed by atoms with Crippen LogP contribution in [0.5, 0.6) is 5.75 Å². The second-order valence-corrected chi connectivity index (χ2v) is 7.18. The fraction of sp³-hybridized carbons (Fsp3) is 0.280. The summed E-state index contributed by atoms with van der Waals surface area (Å²) in [6.07, 6.45) is 3.95. The van der Waals surface area contributed by atoms with E-state index in [0.717, 1.165) is 12.0 Å². The van der Waals surface area contributed by atoms with Gasteiger partial charge in [-0.3, -0.25) is 9.59 Å². The highest BCUT2D eigenvalue weighted by Gasteiger charge is 2.42. The van der Waals surface area contributed by atoms with Crippen molar-refractivity contribution in [3.05, 3.63) is 83.1 Å². The van der Waals surface area contributed by atoms with Gasteiger partial charge in [0.15, 0.2) is 11.5 Å². The summed E-state index contributed by atoms with van der Waals surface area (Å²) in [7, 11) is 1.54. The van der Waals surface area contributed by atoms with E-state index < -0.39 is 23.5 Å². The van der Waals surface area contributed by atoms with Crippen LogP contribution in [0, 0.1) is 0 Å². The average molecular weight is 421 g/mol. The van der Waals surface area contributed by atoms with Crippen LogP contribution in [0.4, 0.5) is 0 Å². The molecule has 0 bridgehead atoms. The topological polar surface area (TPSA) is 76.1 Å². The SMILES string of the molecule is CCCOc1ccc(C2C(C(=O)C=Cc3ccccc3)=C(O)C(=O)N2CCOC)cc1. The van der Waals surface area contributed by atoms with Crippen molar-refractivity contribution in [1.29, 1.82) is 0 Å². The van der Waals surface area contributed by atoms with Crippen molar-refractivity contribution in [2.75, 3.05) is 26.9 Å². The van der Waals surface area contributed by atoms with Gasteiger partial charge in [0.2, 0.25) is 0 Å². The standard InChI is InChI=1S/C25H27NO5/c1-3-16-31-20-12-10-19(11-13-20)23-22(24(28)25(29)26(23)15-17-30-2)21(27)14-9-18-7-5-4-6-8-18/h4-14,23,28H,3,15-17H2,1-2H3. The van der Waals surface area contributed by atoms with E-state index in [9.17, 15) is 14.7 Å². The molecule has 31 heavy (non-hydrogen) atoms. The van der Waals surface area contributed by atoms with E-state index in [-0.39, 0.29) is 18.7 Å². The minimum absolute atomic E-state index is 0.0653. The molecule has 2 aromatic carbocycles. The smallest absolute Gasteiger partial charge is 0.290 e. The molecule has 0 saturated heterocycles. The van der Waals surface area contributed by atoms with Crippen LogP contribution in [0.2, 0.25) is 0 Å². The number of hydrogen-bond donors (Lipinski definition) is 1. The van der Waals surface area contributed by atoms with Crippen LogP contribution in [0.15, 0.2) is 72.0 Å². The van der Waals surface area contributed by atoms with Crippen molar-refractivity contribution >= 4 is 17.8 Å². The summed E-state index contributed by atoms with van der Waals surface area (Å²) >= 11 is 0. The Kier molecular flexibility index (Phi) is 7.62. The lowest BCUT2D eigenvalue weighted by Crippen LogP contribution is -2.33. The van der Waals surface area contributed by atoms with Crippen LogP contribution in [-0.4, -0.2) is 48.6 Å². The fourth-order valence-corrected chi connectivity index (χ4v) is 3.46. The zero-order valence-corrected chi connectivity index (χ0v) is 17.8. The van der Waals surface area contributed by atoms with Gasteiger partial charge in [0.25, 0.3) is 5.91 Å². The molecule has 0 spiro atoms. The quantitative estimate of drug-likeness (QED) is 0.585. The Hall–Kier alpha value is -3.38. The molecular formula is C25H27NO5. The lowest BCUT2D eigenvalue weighted by molar-refractivity contribution is -0.130. The molecule has 6 heteroatoms. The molecule has 1 aliphatic heterocycles. The Bertz CT molecular complexity index is 963. The van der Waals surface area contributed by atoms with Crippen molar-refractivity contribution < 1.29 is 24.2 Å². The molecule has 1 heterocycles. The van der Waals surface area contributed by atoms with E-state index >= 15 is 0 Å². The molecule has 1 N–H and O–H groups in total. The average Bonchev–Trinajstić information content (AvgIpc) is 3.05. The minimum Gasteiger partial charge on any atom is -0.503 e. The first-order valence-corrected chi connectivity index (χ1v) is 10.3. The molecule has 1 amide bonds. The van der Waals surface area contributed by atoms with Gasteiger partial charge in [-0.15, -0.1) is 0 Å². The molecule has 1 aliphatic rings. The van der Waals surface area contributed by atoms with Crippen molar-refractivity contribution in [1.82, 2.24) is 4.90 Å². The van der Waals surface area contributed by atoms with Gasteiger partial charge >= 0.3 is 0 Å². The summed E-state index contributed by atoms with van der Waals surface area (Å²) < 4.78 is 10.8. The van der Waals surface area contributed by atoms with Gasteiger partial charge in [-0.05, 0) is 35.8 Å². The van der Waals surface area contributed by atoms with E-state index in [2.05, 4.69) is 0 Å². The molecule has 3 rings (SSSR count). The third-order valence-corrected chi connectivity index (χ3v) is 5.00. The molecule has 6 nitrogen and oxygen atoms in total. The summed E-state index contributed by atoms with van der Waals surface area (Å²) in [5.74, 6) is -0.797. The van der Waals surface area contributed by atoms with Crippen molar-refractivity contribution in [3.63, 3.8) is 0 Å². The summed E-state index contributed by atoms with van der Waals surface area (Å²) in [5, 5.41) is 10.6. The van der Waals surface area contributed by atoms with Crippen LogP contribution in [0.25, 0.3) is 6.08 Å². The predicted octanol–water partition coefficient (Wildman–Crippen LogP) is 4.10. The summed E-state index contributed by atoms with van der Waals surface area (Å²) in [6, 6.07) is 15.9. The molecule has 0 aromatic heterocycles. The maximum absolute atomic E-state index is 13.0. The monoisotopic (exact) mass is 421 g/mol. The second-order valence-electron chi connectivity index (χ2n) is 7.18. The third-order valence-electron chi connectivity index (χ3n) is 5.00. The molecule has 0 saturated carbocycles. The number of ether oxygens (including phenoxy) is 2. The number of carbonyl (C=O) groups excluding carboxylic acids is 2. The molecule has 2 aromatic rings. The van der Waals surface area contributed by atoms with Crippen molar-refractivity contribution in [2.24, 2.45) is 0 Å². The Balaban J connectivity index is 1.93. The van der Waals surface area contributed by atoms with Crippen molar-refractivity contribution in [3.8, 4) is 5.75 Å². The van der Waals surface area contributed by atoms with Gasteiger partial charge in [-0.2, -0.15) is 0 Å². The maximum atomic E-state index is 13.0. The number of carbonyl (C=O) groups is 2. The van der Waals surface area contributed by atoms with Crippen LogP contribution in [0.1, 0.15) is 30.5 Å². The first-order valence-electron chi connectivity index (χ1n) is 10.3. The van der Waals surface area contributed by atoms with E-state index in [1.165, 1.54) is 18.1 Å². The number of allylic oxidation sites excluding steroid dienone is 1. The summed E-state index contributed by atoms with van der Waals surface area (Å²) in [5.41, 5.74) is 1.63. The van der Waals surface area contributed by atoms with E-state index in [1.54, 1.807) is 18.2 Å². The Labute approximate surface area is 182 Å². The number of aliphatic hydroxyl groups is 1. The van der Waals surface area contributed by atoms with E-state index in [4.69, 9.17) is 9.47 Å². The number of ketones is 1. The largest absolute Gasteiger partial charge is 0.503 e. The number of aliphatic hydroxyl groups excluding tert-OH is 1. The minimum atomic E-state index is -0.698. The highest BCUT2D eigenvalue weighted by Crippen LogP contribution is 2.38. The van der Waals surface area contributed by atoms with Crippen LogP contribution in [0.3, 0.4) is 0 Å². The maximum Gasteiger partial charge on any atom is 0.290 e. The zero-order valence-electron chi connectivity index (χ0n) is 17.8. The summed E-state index contributed by atoms with van der Waals surface area (Å²) in [4.78, 5) is 27.3. The van der Waals surface area contributed by atoms with Gasteiger partial charge in [-0.25, -0.2) is 0 Å². The normalized spacial score (nSPS) is 16.4. The van der Waals surface area contributed by atoms with Gasteiger partial charge in [0.1, 0.15) is 5.75 Å². The van der Waals surface area contributed by atoms with Crippen LogP contribution < -0.4 is 4.74 Å². The molecule has 162 valence electrons. The number of amides is 1. The number of nitrogens with zero attached hydrogens (tertiary/aromatic N) is 1. The van der Waals surface area contributed by atoms with E-state index in [0.29, 0.717) is 17.9 Å².